The van der Waals surface area contributed by atoms with Gasteiger partial charge in [-0.3, -0.25) is 4.79 Å². The molecule has 29 heavy (non-hydrogen) atoms. The molecule has 0 aliphatic carbocycles. The van der Waals surface area contributed by atoms with Crippen LogP contribution in [0, 0.1) is 0 Å². The highest BCUT2D eigenvalue weighted by Crippen LogP contribution is 2.38. The van der Waals surface area contributed by atoms with Gasteiger partial charge in [-0.05, 0) is 42.3 Å². The van der Waals surface area contributed by atoms with E-state index < -0.39 is 10.0 Å². The molecule has 0 bridgehead atoms. The van der Waals surface area contributed by atoms with Gasteiger partial charge in [0.15, 0.2) is 11.5 Å². The van der Waals surface area contributed by atoms with Crippen LogP contribution >= 0.6 is 0 Å². The lowest BCUT2D eigenvalue weighted by atomic mass is 10.1. The van der Waals surface area contributed by atoms with Gasteiger partial charge >= 0.3 is 0 Å². The summed E-state index contributed by atoms with van der Waals surface area (Å²) in [6.07, 6.45) is 0.132. The summed E-state index contributed by atoms with van der Waals surface area (Å²) in [4.78, 5) is 14.4. The zero-order valence-corrected chi connectivity index (χ0v) is 17.9. The van der Waals surface area contributed by atoms with Crippen molar-refractivity contribution >= 4 is 15.9 Å². The monoisotopic (exact) mass is 422 g/mol. The van der Waals surface area contributed by atoms with Crippen LogP contribution in [0.3, 0.4) is 0 Å². The van der Waals surface area contributed by atoms with Crippen LogP contribution in [0.1, 0.15) is 24.1 Å². The van der Waals surface area contributed by atoms with Crippen molar-refractivity contribution in [2.24, 2.45) is 5.14 Å². The second-order valence-corrected chi connectivity index (χ2v) is 8.07. The molecule has 158 valence electrons. The van der Waals surface area contributed by atoms with Gasteiger partial charge < -0.3 is 19.1 Å². The van der Waals surface area contributed by atoms with Crippen molar-refractivity contribution in [1.82, 2.24) is 4.90 Å². The molecule has 2 aromatic carbocycles. The second kappa shape index (κ2) is 9.15. The fraction of sp³-hybridized carbons (Fsp3) is 0.350. The number of ether oxygens (including phenoxy) is 3. The van der Waals surface area contributed by atoms with E-state index >= 15 is 0 Å². The van der Waals surface area contributed by atoms with Gasteiger partial charge in [-0.1, -0.05) is 12.1 Å². The van der Waals surface area contributed by atoms with Crippen molar-refractivity contribution in [3.8, 4) is 17.2 Å². The second-order valence-electron chi connectivity index (χ2n) is 6.51. The first-order valence-corrected chi connectivity index (χ1v) is 10.3. The standard InChI is InChI=1S/C20H26N2O6S/c1-13(15-6-8-16(9-7-15)29(21,24)25)22(2)19(23)12-14-10-17(26-3)20(28-5)18(11-14)27-4/h6-11,13H,12H2,1-5H3,(H2,21,24,25). The molecule has 1 unspecified atom stereocenters. The Kier molecular flexibility index (Phi) is 7.10. The molecule has 0 spiro atoms. The van der Waals surface area contributed by atoms with Crippen molar-refractivity contribution in [3.05, 3.63) is 47.5 Å². The van der Waals surface area contributed by atoms with Gasteiger partial charge in [-0.2, -0.15) is 0 Å². The van der Waals surface area contributed by atoms with Crippen molar-refractivity contribution < 1.29 is 27.4 Å². The zero-order valence-electron chi connectivity index (χ0n) is 17.1. The van der Waals surface area contributed by atoms with Crippen LogP contribution in [0.2, 0.25) is 0 Å². The maximum atomic E-state index is 12.8. The fourth-order valence-corrected chi connectivity index (χ4v) is 3.43. The summed E-state index contributed by atoms with van der Waals surface area (Å²) in [5, 5.41) is 5.12. The molecule has 0 saturated heterocycles. The molecule has 2 aromatic rings. The fourth-order valence-electron chi connectivity index (χ4n) is 2.91. The van der Waals surface area contributed by atoms with E-state index in [1.807, 2.05) is 6.92 Å². The Balaban J connectivity index is 2.20. The molecule has 0 fully saturated rings. The molecular formula is C20H26N2O6S. The van der Waals surface area contributed by atoms with E-state index in [9.17, 15) is 13.2 Å². The molecule has 2 N–H and O–H groups in total. The van der Waals surface area contributed by atoms with Gasteiger partial charge in [0, 0.05) is 7.05 Å². The molecule has 1 amide bonds. The Labute approximate surface area is 171 Å². The number of amides is 1. The molecule has 0 aliphatic heterocycles. The van der Waals surface area contributed by atoms with Crippen LogP contribution in [0.5, 0.6) is 17.2 Å². The lowest BCUT2D eigenvalue weighted by molar-refractivity contribution is -0.131. The van der Waals surface area contributed by atoms with Gasteiger partial charge in [-0.25, -0.2) is 13.6 Å². The van der Waals surface area contributed by atoms with E-state index in [4.69, 9.17) is 19.3 Å². The summed E-state index contributed by atoms with van der Waals surface area (Å²) < 4.78 is 38.7. The summed E-state index contributed by atoms with van der Waals surface area (Å²) in [5.74, 6) is 1.29. The van der Waals surface area contributed by atoms with Crippen LogP contribution < -0.4 is 19.3 Å². The summed E-state index contributed by atoms with van der Waals surface area (Å²) in [7, 11) is 2.48. The summed E-state index contributed by atoms with van der Waals surface area (Å²) in [6, 6.07) is 9.36. The minimum atomic E-state index is -3.76. The Morgan fingerprint density at radius 1 is 1.03 bits per heavy atom. The van der Waals surface area contributed by atoms with Crippen LogP contribution in [-0.2, 0) is 21.2 Å². The maximum Gasteiger partial charge on any atom is 0.238 e. The average Bonchev–Trinajstić information content (AvgIpc) is 2.71. The number of methoxy groups -OCH3 is 3. The highest BCUT2D eigenvalue weighted by atomic mass is 32.2. The number of hydrogen-bond acceptors (Lipinski definition) is 6. The number of rotatable bonds is 8. The molecule has 0 radical (unpaired) electrons. The predicted octanol–water partition coefficient (Wildman–Crippen LogP) is 2.12. The number of likely N-dealkylation sites (N-methyl/N-ethyl adjacent to an activating group) is 1. The Bertz CT molecular complexity index is 948. The SMILES string of the molecule is COc1cc(CC(=O)N(C)C(C)c2ccc(S(N)(=O)=O)cc2)cc(OC)c1OC. The molecule has 0 aromatic heterocycles. The Morgan fingerprint density at radius 3 is 1.97 bits per heavy atom. The topological polar surface area (TPSA) is 108 Å². The molecule has 1 atom stereocenters. The van der Waals surface area contributed by atoms with Crippen molar-refractivity contribution in [2.75, 3.05) is 28.4 Å². The van der Waals surface area contributed by atoms with Crippen molar-refractivity contribution in [3.63, 3.8) is 0 Å². The van der Waals surface area contributed by atoms with E-state index in [0.29, 0.717) is 22.8 Å². The molecule has 0 heterocycles. The van der Waals surface area contributed by atoms with Gasteiger partial charge in [-0.15, -0.1) is 0 Å². The van der Waals surface area contributed by atoms with E-state index in [0.717, 1.165) is 5.56 Å². The highest BCUT2D eigenvalue weighted by molar-refractivity contribution is 7.89. The third-order valence-corrected chi connectivity index (χ3v) is 5.67. The van der Waals surface area contributed by atoms with Crippen LogP contribution in [0.25, 0.3) is 0 Å². The van der Waals surface area contributed by atoms with Crippen molar-refractivity contribution in [1.29, 1.82) is 0 Å². The first-order chi connectivity index (χ1) is 13.6. The number of nitrogens with two attached hydrogens (primary N) is 1. The molecule has 8 nitrogen and oxygen atoms in total. The molecule has 0 saturated carbocycles. The van der Waals surface area contributed by atoms with Gasteiger partial charge in [0.1, 0.15) is 0 Å². The Morgan fingerprint density at radius 2 is 1.55 bits per heavy atom. The smallest absolute Gasteiger partial charge is 0.238 e. The predicted molar refractivity (Wildman–Crippen MR) is 109 cm³/mol. The Hall–Kier alpha value is -2.78. The summed E-state index contributed by atoms with van der Waals surface area (Å²) >= 11 is 0. The van der Waals surface area contributed by atoms with Crippen LogP contribution in [0.15, 0.2) is 41.3 Å². The number of sulfonamides is 1. The molecule has 0 aliphatic rings. The lowest BCUT2D eigenvalue weighted by Crippen LogP contribution is -2.31. The van der Waals surface area contributed by atoms with Crippen molar-refractivity contribution in [2.45, 2.75) is 24.3 Å². The first kappa shape index (κ1) is 22.5. The number of carbonyl (C=O) groups excluding carboxylic acids is 1. The molecular weight excluding hydrogens is 396 g/mol. The van der Waals surface area contributed by atoms with Crippen LogP contribution in [-0.4, -0.2) is 47.6 Å². The van der Waals surface area contributed by atoms with E-state index in [1.54, 1.807) is 36.2 Å². The first-order valence-electron chi connectivity index (χ1n) is 8.79. The number of nitrogens with zero attached hydrogens (tertiary/aromatic N) is 1. The van der Waals surface area contributed by atoms with Gasteiger partial charge in [0.2, 0.25) is 21.7 Å². The quantitative estimate of drug-likeness (QED) is 0.698. The number of hydrogen-bond donors (Lipinski definition) is 1. The normalized spacial score (nSPS) is 12.2. The van der Waals surface area contributed by atoms with Crippen LogP contribution in [0.4, 0.5) is 0 Å². The average molecular weight is 423 g/mol. The van der Waals surface area contributed by atoms with E-state index in [-0.39, 0.29) is 23.3 Å². The minimum absolute atomic E-state index is 0.0276. The number of benzene rings is 2. The third-order valence-electron chi connectivity index (χ3n) is 4.75. The number of carbonyl (C=O) groups is 1. The van der Waals surface area contributed by atoms with E-state index in [1.165, 1.54) is 33.5 Å². The zero-order chi connectivity index (χ0) is 21.8. The largest absolute Gasteiger partial charge is 0.493 e. The highest BCUT2D eigenvalue weighted by Gasteiger charge is 2.20. The van der Waals surface area contributed by atoms with Gasteiger partial charge in [0.05, 0.1) is 38.7 Å². The number of primary sulfonamides is 1. The molecule has 9 heteroatoms. The summed E-state index contributed by atoms with van der Waals surface area (Å²) in [6.45, 7) is 1.86. The lowest BCUT2D eigenvalue weighted by Gasteiger charge is -2.26. The summed E-state index contributed by atoms with van der Waals surface area (Å²) in [5.41, 5.74) is 1.51. The maximum absolute atomic E-state index is 12.8. The van der Waals surface area contributed by atoms with Gasteiger partial charge in [0.25, 0.3) is 0 Å². The molecule has 2 rings (SSSR count). The third kappa shape index (κ3) is 5.18. The van der Waals surface area contributed by atoms with E-state index in [2.05, 4.69) is 0 Å². The minimum Gasteiger partial charge on any atom is -0.493 e.